The minimum Gasteiger partial charge on any atom is -0.309 e. The Labute approximate surface area is 186 Å². The van der Waals surface area contributed by atoms with Crippen molar-refractivity contribution >= 4 is 27.5 Å². The Kier molecular flexibility index (Phi) is 5.97. The number of rotatable bonds is 5. The van der Waals surface area contributed by atoms with Crippen molar-refractivity contribution in [1.82, 2.24) is 4.90 Å². The van der Waals surface area contributed by atoms with Crippen LogP contribution in [0, 0.1) is 17.1 Å². The number of urea groups is 1. The van der Waals surface area contributed by atoms with Crippen molar-refractivity contribution in [3.63, 3.8) is 0 Å². The number of nitrogens with zero attached hydrogens (tertiary/aromatic N) is 3. The summed E-state index contributed by atoms with van der Waals surface area (Å²) in [7, 11) is -3.95. The molecule has 1 aliphatic heterocycles. The molecule has 7 nitrogen and oxygen atoms in total. The number of sulfone groups is 1. The monoisotopic (exact) mass is 483 g/mol. The first kappa shape index (κ1) is 24.2. The quantitative estimate of drug-likeness (QED) is 0.367. The van der Waals surface area contributed by atoms with Gasteiger partial charge in [0.15, 0.2) is 9.84 Å². The van der Waals surface area contributed by atoms with Crippen LogP contribution in [0.4, 0.5) is 28.0 Å². The Morgan fingerprint density at radius 1 is 1.06 bits per heavy atom. The molecule has 0 aromatic heterocycles. The van der Waals surface area contributed by atoms with E-state index in [0.717, 1.165) is 41.3 Å². The molecule has 2 aromatic carbocycles. The van der Waals surface area contributed by atoms with E-state index in [-0.39, 0.29) is 4.90 Å². The number of hydrogen-bond donors (Lipinski definition) is 0. The molecule has 3 rings (SSSR count). The van der Waals surface area contributed by atoms with Crippen LogP contribution in [0.3, 0.4) is 0 Å². The largest absolute Gasteiger partial charge is 0.417 e. The molecule has 0 N–H and O–H groups in total. The second-order valence-electron chi connectivity index (χ2n) is 7.75. The molecule has 33 heavy (non-hydrogen) atoms. The van der Waals surface area contributed by atoms with E-state index in [4.69, 9.17) is 5.26 Å². The maximum atomic E-state index is 13.3. The number of hydrogen-bond acceptors (Lipinski definition) is 5. The second kappa shape index (κ2) is 8.15. The smallest absolute Gasteiger partial charge is 0.309 e. The van der Waals surface area contributed by atoms with Crippen molar-refractivity contribution in [2.75, 3.05) is 17.2 Å². The molecule has 0 unspecified atom stereocenters. The van der Waals surface area contributed by atoms with Crippen LogP contribution >= 0.6 is 0 Å². The van der Waals surface area contributed by atoms with Crippen LogP contribution in [0.25, 0.3) is 0 Å². The van der Waals surface area contributed by atoms with Gasteiger partial charge in [0.1, 0.15) is 11.4 Å². The maximum absolute atomic E-state index is 13.3. The Balaban J connectivity index is 1.92. The zero-order chi connectivity index (χ0) is 24.8. The van der Waals surface area contributed by atoms with Gasteiger partial charge in [-0.15, -0.1) is 0 Å². The molecule has 1 aliphatic rings. The molecule has 0 radical (unpaired) electrons. The van der Waals surface area contributed by atoms with Crippen molar-refractivity contribution < 1.29 is 35.6 Å². The molecule has 2 aromatic rings. The second-order valence-corrected chi connectivity index (χ2v) is 9.86. The van der Waals surface area contributed by atoms with E-state index in [0.29, 0.717) is 11.0 Å². The van der Waals surface area contributed by atoms with Gasteiger partial charge in [0, 0.05) is 6.54 Å². The van der Waals surface area contributed by atoms with Crippen molar-refractivity contribution in [3.8, 4) is 6.07 Å². The molecule has 1 fully saturated rings. The summed E-state index contributed by atoms with van der Waals surface area (Å²) in [5, 5.41) is 8.94. The van der Waals surface area contributed by atoms with E-state index in [1.165, 1.54) is 19.9 Å². The highest BCUT2D eigenvalue weighted by Gasteiger charge is 2.52. The van der Waals surface area contributed by atoms with Gasteiger partial charge in [0.25, 0.3) is 5.91 Å². The van der Waals surface area contributed by atoms with Gasteiger partial charge in [0.2, 0.25) is 0 Å². The third-order valence-corrected chi connectivity index (χ3v) is 6.98. The van der Waals surface area contributed by atoms with Crippen LogP contribution in [0.2, 0.25) is 0 Å². The molecule has 1 saturated heterocycles. The third kappa shape index (κ3) is 4.41. The minimum absolute atomic E-state index is 0.182. The summed E-state index contributed by atoms with van der Waals surface area (Å²) in [5.74, 6) is -2.09. The summed E-state index contributed by atoms with van der Waals surface area (Å²) < 4.78 is 78.2. The fourth-order valence-electron chi connectivity index (χ4n) is 3.41. The van der Waals surface area contributed by atoms with Gasteiger partial charge in [-0.1, -0.05) is 0 Å². The summed E-state index contributed by atoms with van der Waals surface area (Å²) >= 11 is 0. The highest BCUT2D eigenvalue weighted by atomic mass is 32.2. The molecule has 1 heterocycles. The zero-order valence-corrected chi connectivity index (χ0v) is 18.2. The highest BCUT2D eigenvalue weighted by molar-refractivity contribution is 7.91. The Hall–Kier alpha value is -3.46. The van der Waals surface area contributed by atoms with Gasteiger partial charge >= 0.3 is 12.2 Å². The van der Waals surface area contributed by atoms with Gasteiger partial charge in [-0.25, -0.2) is 22.5 Å². The molecular formula is C21H17F4N3O4S. The standard InChI is InChI=1S/C21H17F4N3O4S/c1-20(2)18(29)28(15-6-3-13(12-26)17(11-15)21(23,24)25)19(30)27(20)9-10-33(31,32)16-7-4-14(22)5-8-16/h3-8,11H,9-10H2,1-2H3. The van der Waals surface area contributed by atoms with E-state index < -0.39 is 68.4 Å². The lowest BCUT2D eigenvalue weighted by molar-refractivity contribution is -0.137. The summed E-state index contributed by atoms with van der Waals surface area (Å²) in [6.07, 6.45) is -4.90. The summed E-state index contributed by atoms with van der Waals surface area (Å²) in [6.45, 7) is 2.24. The van der Waals surface area contributed by atoms with Crippen molar-refractivity contribution in [2.24, 2.45) is 0 Å². The molecule has 0 bridgehead atoms. The number of carbonyl (C=O) groups excluding carboxylic acids is 2. The first-order chi connectivity index (χ1) is 15.2. The number of alkyl halides is 3. The van der Waals surface area contributed by atoms with Gasteiger partial charge in [-0.05, 0) is 56.3 Å². The molecule has 0 spiro atoms. The van der Waals surface area contributed by atoms with Crippen molar-refractivity contribution in [2.45, 2.75) is 30.5 Å². The molecule has 0 saturated carbocycles. The average Bonchev–Trinajstić information content (AvgIpc) is 2.89. The van der Waals surface area contributed by atoms with Gasteiger partial charge in [0.05, 0.1) is 33.5 Å². The SMILES string of the molecule is CC1(C)C(=O)N(c2ccc(C#N)c(C(F)(F)F)c2)C(=O)N1CCS(=O)(=O)c1ccc(F)cc1. The molecule has 174 valence electrons. The van der Waals surface area contributed by atoms with E-state index in [9.17, 15) is 35.6 Å². The highest BCUT2D eigenvalue weighted by Crippen LogP contribution is 2.37. The molecular weight excluding hydrogens is 466 g/mol. The van der Waals surface area contributed by atoms with E-state index >= 15 is 0 Å². The Bertz CT molecular complexity index is 1270. The number of nitriles is 1. The number of halogens is 4. The van der Waals surface area contributed by atoms with Crippen LogP contribution in [-0.4, -0.2) is 43.1 Å². The van der Waals surface area contributed by atoms with Crippen LogP contribution in [-0.2, 0) is 20.8 Å². The van der Waals surface area contributed by atoms with E-state index in [2.05, 4.69) is 0 Å². The minimum atomic E-state index is -4.90. The number of carbonyl (C=O) groups is 2. The van der Waals surface area contributed by atoms with Crippen LogP contribution in [0.15, 0.2) is 47.4 Å². The average molecular weight is 483 g/mol. The number of amides is 3. The zero-order valence-electron chi connectivity index (χ0n) is 17.4. The van der Waals surface area contributed by atoms with Crippen LogP contribution in [0.1, 0.15) is 25.0 Å². The van der Waals surface area contributed by atoms with Gasteiger partial charge < -0.3 is 4.90 Å². The lowest BCUT2D eigenvalue weighted by atomic mass is 10.0. The normalized spacial score (nSPS) is 16.3. The lowest BCUT2D eigenvalue weighted by Gasteiger charge is -2.27. The summed E-state index contributed by atoms with van der Waals surface area (Å²) in [6, 6.07) is 6.89. The molecule has 3 amide bonds. The predicted molar refractivity (Wildman–Crippen MR) is 108 cm³/mol. The van der Waals surface area contributed by atoms with Gasteiger partial charge in [-0.3, -0.25) is 4.79 Å². The lowest BCUT2D eigenvalue weighted by Crippen LogP contribution is -2.46. The number of anilines is 1. The van der Waals surface area contributed by atoms with Gasteiger partial charge in [-0.2, -0.15) is 18.4 Å². The van der Waals surface area contributed by atoms with E-state index in [1.54, 1.807) is 0 Å². The fourth-order valence-corrected chi connectivity index (χ4v) is 4.62. The maximum Gasteiger partial charge on any atom is 0.417 e. The summed E-state index contributed by atoms with van der Waals surface area (Å²) in [5.41, 5.74) is -3.93. The number of imide groups is 1. The van der Waals surface area contributed by atoms with Crippen LogP contribution in [0.5, 0.6) is 0 Å². The first-order valence-corrected chi connectivity index (χ1v) is 11.1. The predicted octanol–water partition coefficient (Wildman–Crippen LogP) is 3.74. The topological polar surface area (TPSA) is 98.5 Å². The fraction of sp³-hybridized carbons (Fsp3) is 0.286. The first-order valence-electron chi connectivity index (χ1n) is 9.46. The van der Waals surface area contributed by atoms with Crippen LogP contribution < -0.4 is 4.90 Å². The Morgan fingerprint density at radius 3 is 2.21 bits per heavy atom. The van der Waals surface area contributed by atoms with Crippen molar-refractivity contribution in [1.29, 1.82) is 5.26 Å². The van der Waals surface area contributed by atoms with E-state index in [1.807, 2.05) is 0 Å². The van der Waals surface area contributed by atoms with Crippen molar-refractivity contribution in [3.05, 3.63) is 59.4 Å². The molecule has 0 atom stereocenters. The summed E-state index contributed by atoms with van der Waals surface area (Å²) in [4.78, 5) is 27.2. The third-order valence-electron chi connectivity index (χ3n) is 5.27. The number of benzene rings is 2. The molecule has 12 heteroatoms. The molecule has 0 aliphatic carbocycles. The Morgan fingerprint density at radius 2 is 1.67 bits per heavy atom.